The number of cyclic esters (lactones) is 1. The summed E-state index contributed by atoms with van der Waals surface area (Å²) >= 11 is 3.11. The van der Waals surface area contributed by atoms with E-state index in [4.69, 9.17) is 23.7 Å². The van der Waals surface area contributed by atoms with Gasteiger partial charge in [-0.2, -0.15) is 0 Å². The Kier molecular flexibility index (Phi) is 8.53. The van der Waals surface area contributed by atoms with Gasteiger partial charge in [0.1, 0.15) is 41.0 Å². The third-order valence-electron chi connectivity index (χ3n) is 9.35. The summed E-state index contributed by atoms with van der Waals surface area (Å²) in [4.78, 5) is 41.2. The molecule has 1 saturated heterocycles. The summed E-state index contributed by atoms with van der Waals surface area (Å²) in [5.41, 5.74) is 0.220. The Morgan fingerprint density at radius 3 is 2.71 bits per heavy atom. The molecule has 1 spiro atoms. The minimum atomic E-state index is -0.978. The van der Waals surface area contributed by atoms with Crippen molar-refractivity contribution in [1.82, 2.24) is 4.98 Å². The monoisotopic (exact) mass is 635 g/mol. The molecule has 224 valence electrons. The van der Waals surface area contributed by atoms with Crippen molar-refractivity contribution in [2.75, 3.05) is 12.4 Å². The number of halogens is 1. The van der Waals surface area contributed by atoms with Crippen molar-refractivity contribution < 1.29 is 43.2 Å². The van der Waals surface area contributed by atoms with Gasteiger partial charge < -0.3 is 33.8 Å². The minimum Gasteiger partial charge on any atom is -0.458 e. The molecule has 3 heterocycles. The Balaban J connectivity index is 1.55. The number of rotatable bonds is 6. The SMILES string of the molecule is CO[C@H]1C[C@H]2C=C[C@H]3[C@@H]4O[C@]2(/C(C)=C\[C@@H](C)[C@@H]([C@@H](C)OC(=O)CBr)OC1=O)[C@@H]3[C@H](O)[C@@H](C)[C@H]4OC(=O)c1ccc[nH]1. The molecule has 5 rings (SSSR count). The zero-order chi connectivity index (χ0) is 29.6. The highest BCUT2D eigenvalue weighted by atomic mass is 79.9. The number of esters is 3. The normalized spacial score (nSPS) is 41.8. The molecule has 0 aromatic carbocycles. The number of nitrogens with one attached hydrogen (secondary N) is 1. The summed E-state index contributed by atoms with van der Waals surface area (Å²) < 4.78 is 30.0. The van der Waals surface area contributed by atoms with Crippen molar-refractivity contribution in [3.8, 4) is 0 Å². The van der Waals surface area contributed by atoms with E-state index in [9.17, 15) is 19.5 Å². The number of hydrogen-bond acceptors (Lipinski definition) is 9. The standard InChI is InChI=1S/C30H38BrNO9/c1-14-11-15(2)30-18(12-21(37-5)29(36)39-25(14)17(4)38-22(33)13-31)8-9-19-23(30)24(34)16(3)26(27(19)41-30)40-28(35)20-7-6-10-32-20/h6-11,14,16-19,21,23-27,32,34H,12-13H2,1-5H3/b15-11-/t14-,16-,17-,18-,19-,21+,23+,24-,25+,26-,27+,30+/m1/s1. The minimum absolute atomic E-state index is 0.0169. The third-order valence-corrected chi connectivity index (χ3v) is 9.81. The molecular formula is C30H38BrNO9. The van der Waals surface area contributed by atoms with Crippen LogP contribution in [0.5, 0.6) is 0 Å². The van der Waals surface area contributed by atoms with Crippen LogP contribution < -0.4 is 0 Å². The van der Waals surface area contributed by atoms with E-state index in [-0.39, 0.29) is 35.4 Å². The predicted octanol–water partition coefficient (Wildman–Crippen LogP) is 3.35. The molecule has 2 N–H and O–H groups in total. The Hall–Kier alpha value is -2.47. The molecular weight excluding hydrogens is 598 g/mol. The second-order valence-electron chi connectivity index (χ2n) is 11.7. The summed E-state index contributed by atoms with van der Waals surface area (Å²) in [5, 5.41) is 11.8. The highest BCUT2D eigenvalue weighted by Crippen LogP contribution is 2.61. The summed E-state index contributed by atoms with van der Waals surface area (Å²) in [6, 6.07) is 3.36. The number of aromatic amines is 1. The van der Waals surface area contributed by atoms with Crippen LogP contribution in [0.1, 0.15) is 44.6 Å². The number of aliphatic hydroxyl groups excluding tert-OH is 1. The Labute approximate surface area is 247 Å². The van der Waals surface area contributed by atoms with E-state index < -0.39 is 66.1 Å². The third kappa shape index (κ3) is 5.08. The summed E-state index contributed by atoms with van der Waals surface area (Å²) in [6.45, 7) is 7.44. The molecule has 12 atom stereocenters. The van der Waals surface area contributed by atoms with E-state index in [2.05, 4.69) is 20.9 Å². The van der Waals surface area contributed by atoms with E-state index >= 15 is 0 Å². The number of carbonyl (C=O) groups is 3. The predicted molar refractivity (Wildman–Crippen MR) is 150 cm³/mol. The van der Waals surface area contributed by atoms with Crippen LogP contribution in [0, 0.1) is 29.6 Å². The lowest BCUT2D eigenvalue weighted by molar-refractivity contribution is -0.178. The van der Waals surface area contributed by atoms with Gasteiger partial charge in [0.2, 0.25) is 0 Å². The Morgan fingerprint density at radius 1 is 1.29 bits per heavy atom. The maximum absolute atomic E-state index is 13.4. The molecule has 4 bridgehead atoms. The van der Waals surface area contributed by atoms with Gasteiger partial charge in [0.15, 0.2) is 6.10 Å². The fourth-order valence-corrected chi connectivity index (χ4v) is 7.57. The van der Waals surface area contributed by atoms with Crippen molar-refractivity contribution in [2.24, 2.45) is 29.6 Å². The lowest BCUT2D eigenvalue weighted by atomic mass is 9.57. The van der Waals surface area contributed by atoms with Crippen LogP contribution in [0.4, 0.5) is 0 Å². The number of carbonyl (C=O) groups excluding carboxylic acids is 3. The fraction of sp³-hybridized carbons (Fsp3) is 0.633. The average Bonchev–Trinajstić information content (AvgIpc) is 3.55. The fourth-order valence-electron chi connectivity index (χ4n) is 7.44. The molecule has 41 heavy (non-hydrogen) atoms. The molecule has 1 aromatic rings. The van der Waals surface area contributed by atoms with Crippen LogP contribution in [0.3, 0.4) is 0 Å². The number of hydrogen-bond donors (Lipinski definition) is 2. The second-order valence-corrected chi connectivity index (χ2v) is 12.2. The molecule has 2 fully saturated rings. The maximum Gasteiger partial charge on any atom is 0.355 e. The van der Waals surface area contributed by atoms with Crippen LogP contribution in [-0.4, -0.2) is 82.7 Å². The number of aliphatic hydroxyl groups is 1. The lowest BCUT2D eigenvalue weighted by Crippen LogP contribution is -2.57. The zero-order valence-corrected chi connectivity index (χ0v) is 25.4. The van der Waals surface area contributed by atoms with Crippen LogP contribution in [-0.2, 0) is 33.3 Å². The maximum atomic E-state index is 13.4. The highest BCUT2D eigenvalue weighted by molar-refractivity contribution is 9.09. The first kappa shape index (κ1) is 30.0. The smallest absolute Gasteiger partial charge is 0.355 e. The average molecular weight is 637 g/mol. The van der Waals surface area contributed by atoms with E-state index in [0.29, 0.717) is 5.69 Å². The molecule has 2 aliphatic carbocycles. The number of aromatic nitrogens is 1. The summed E-state index contributed by atoms with van der Waals surface area (Å²) in [5.74, 6) is -3.17. The first-order valence-electron chi connectivity index (χ1n) is 14.1. The van der Waals surface area contributed by atoms with E-state index in [1.54, 1.807) is 25.3 Å². The topological polar surface area (TPSA) is 133 Å². The van der Waals surface area contributed by atoms with Gasteiger partial charge in [-0.1, -0.05) is 48.0 Å². The molecule has 1 aromatic heterocycles. The number of H-pyrrole nitrogens is 1. The summed E-state index contributed by atoms with van der Waals surface area (Å²) in [6.07, 6.45) is 3.50. The van der Waals surface area contributed by atoms with E-state index in [0.717, 1.165) is 5.57 Å². The van der Waals surface area contributed by atoms with Crippen molar-refractivity contribution in [3.05, 3.63) is 47.8 Å². The van der Waals surface area contributed by atoms with Gasteiger partial charge in [-0.05, 0) is 38.0 Å². The Bertz CT molecular complexity index is 1210. The molecule has 0 amide bonds. The zero-order valence-electron chi connectivity index (χ0n) is 23.8. The Morgan fingerprint density at radius 2 is 2.05 bits per heavy atom. The molecule has 11 heteroatoms. The van der Waals surface area contributed by atoms with Gasteiger partial charge in [0.25, 0.3) is 0 Å². The molecule has 10 nitrogen and oxygen atoms in total. The molecule has 0 radical (unpaired) electrons. The van der Waals surface area contributed by atoms with Crippen LogP contribution >= 0.6 is 15.9 Å². The first-order valence-corrected chi connectivity index (χ1v) is 15.2. The lowest BCUT2D eigenvalue weighted by Gasteiger charge is -2.48. The van der Waals surface area contributed by atoms with Crippen LogP contribution in [0.15, 0.2) is 42.1 Å². The van der Waals surface area contributed by atoms with E-state index in [1.807, 2.05) is 39.0 Å². The van der Waals surface area contributed by atoms with Gasteiger partial charge in [-0.15, -0.1) is 0 Å². The number of alkyl halides is 1. The molecule has 2 aliphatic heterocycles. The molecule has 4 aliphatic rings. The van der Waals surface area contributed by atoms with Gasteiger partial charge in [-0.25, -0.2) is 9.59 Å². The van der Waals surface area contributed by atoms with Crippen molar-refractivity contribution in [1.29, 1.82) is 0 Å². The second kappa shape index (κ2) is 11.7. The summed E-state index contributed by atoms with van der Waals surface area (Å²) in [7, 11) is 1.45. The number of methoxy groups -OCH3 is 1. The molecule has 1 saturated carbocycles. The van der Waals surface area contributed by atoms with Crippen molar-refractivity contribution in [2.45, 2.75) is 76.3 Å². The van der Waals surface area contributed by atoms with Gasteiger partial charge >= 0.3 is 17.9 Å². The number of ether oxygens (including phenoxy) is 5. The quantitative estimate of drug-likeness (QED) is 0.209. The van der Waals surface area contributed by atoms with Crippen molar-refractivity contribution >= 4 is 33.8 Å². The van der Waals surface area contributed by atoms with Gasteiger partial charge in [0.05, 0.1) is 6.10 Å². The first-order chi connectivity index (χ1) is 19.5. The van der Waals surface area contributed by atoms with Crippen LogP contribution in [0.2, 0.25) is 0 Å². The molecule has 0 unspecified atom stereocenters. The van der Waals surface area contributed by atoms with E-state index in [1.165, 1.54) is 7.11 Å². The van der Waals surface area contributed by atoms with Crippen LogP contribution in [0.25, 0.3) is 0 Å². The van der Waals surface area contributed by atoms with Crippen molar-refractivity contribution in [3.63, 3.8) is 0 Å². The van der Waals surface area contributed by atoms with Gasteiger partial charge in [0, 0.05) is 42.9 Å². The largest absolute Gasteiger partial charge is 0.458 e. The highest BCUT2D eigenvalue weighted by Gasteiger charge is 2.69. The van der Waals surface area contributed by atoms with Gasteiger partial charge in [-0.3, -0.25) is 4.79 Å².